The van der Waals surface area contributed by atoms with Crippen molar-refractivity contribution in [2.45, 2.75) is 5.41 Å². The van der Waals surface area contributed by atoms with E-state index in [2.05, 4.69) is 246 Å². The molecule has 14 rings (SSSR count). The smallest absolute Gasteiger partial charge is 0.0726 e. The number of hydrogen-bond acceptors (Lipinski definition) is 1. The van der Waals surface area contributed by atoms with Crippen molar-refractivity contribution in [3.05, 3.63) is 264 Å². The van der Waals surface area contributed by atoms with Gasteiger partial charge in [-0.15, -0.1) is 0 Å². The second kappa shape index (κ2) is 14.2. The lowest BCUT2D eigenvalue weighted by molar-refractivity contribution is 0.794. The molecule has 1 aromatic heterocycles. The Bertz CT molecular complexity index is 3910. The first-order chi connectivity index (χ1) is 32.7. The summed E-state index contributed by atoms with van der Waals surface area (Å²) in [5.74, 6) is 0. The molecule has 0 atom stereocenters. The summed E-state index contributed by atoms with van der Waals surface area (Å²) in [5.41, 5.74) is 18.4. The molecular formula is C63H39ClN2. The Morgan fingerprint density at radius 2 is 0.864 bits per heavy atom. The van der Waals surface area contributed by atoms with Gasteiger partial charge in [0.15, 0.2) is 0 Å². The number of aromatic nitrogens is 1. The summed E-state index contributed by atoms with van der Waals surface area (Å²) in [5, 5.41) is 7.68. The lowest BCUT2D eigenvalue weighted by Crippen LogP contribution is -2.26. The van der Waals surface area contributed by atoms with Crippen molar-refractivity contribution in [1.29, 1.82) is 0 Å². The first-order valence-corrected chi connectivity index (χ1v) is 23.1. The van der Waals surface area contributed by atoms with Crippen molar-refractivity contribution in [3.63, 3.8) is 0 Å². The number of fused-ring (bicyclic) bond motifs is 16. The van der Waals surface area contributed by atoms with Crippen LogP contribution in [0.2, 0.25) is 5.02 Å². The van der Waals surface area contributed by atoms with Crippen LogP contribution in [-0.4, -0.2) is 4.57 Å². The minimum absolute atomic E-state index is 0.585. The highest BCUT2D eigenvalue weighted by atomic mass is 35.5. The van der Waals surface area contributed by atoms with Crippen molar-refractivity contribution < 1.29 is 0 Å². The largest absolute Gasteiger partial charge is 0.310 e. The van der Waals surface area contributed by atoms with Crippen LogP contribution in [0.4, 0.5) is 17.1 Å². The van der Waals surface area contributed by atoms with Gasteiger partial charge in [0, 0.05) is 44.3 Å². The fourth-order valence-electron chi connectivity index (χ4n) is 11.9. The third-order valence-corrected chi connectivity index (χ3v) is 14.8. The first kappa shape index (κ1) is 37.2. The number of rotatable bonds is 5. The molecule has 66 heavy (non-hydrogen) atoms. The summed E-state index contributed by atoms with van der Waals surface area (Å²) in [6.45, 7) is 0. The zero-order valence-corrected chi connectivity index (χ0v) is 36.5. The first-order valence-electron chi connectivity index (χ1n) is 22.7. The molecule has 1 spiro atoms. The molecule has 0 N–H and O–H groups in total. The normalized spacial score (nSPS) is 13.0. The molecule has 0 saturated carbocycles. The molecule has 11 aromatic carbocycles. The molecule has 2 nitrogen and oxygen atoms in total. The molecule has 308 valence electrons. The number of anilines is 3. The van der Waals surface area contributed by atoms with Crippen molar-refractivity contribution >= 4 is 72.0 Å². The van der Waals surface area contributed by atoms with Crippen LogP contribution in [-0.2, 0) is 5.41 Å². The van der Waals surface area contributed by atoms with Gasteiger partial charge in [-0.05, 0) is 121 Å². The summed E-state index contributed by atoms with van der Waals surface area (Å²) in [6, 6.07) is 86.9. The van der Waals surface area contributed by atoms with Crippen LogP contribution in [0.1, 0.15) is 22.3 Å². The van der Waals surface area contributed by atoms with E-state index in [-0.39, 0.29) is 0 Å². The van der Waals surface area contributed by atoms with Gasteiger partial charge in [0.2, 0.25) is 0 Å². The number of nitrogens with zero attached hydrogens (tertiary/aromatic N) is 2. The average Bonchev–Trinajstić information content (AvgIpc) is 3.99. The highest BCUT2D eigenvalue weighted by Gasteiger charge is 2.52. The number of hydrogen-bond donors (Lipinski definition) is 0. The monoisotopic (exact) mass is 858 g/mol. The highest BCUT2D eigenvalue weighted by molar-refractivity contribution is 6.41. The Morgan fingerprint density at radius 1 is 0.348 bits per heavy atom. The van der Waals surface area contributed by atoms with Crippen molar-refractivity contribution in [1.82, 2.24) is 4.57 Å². The van der Waals surface area contributed by atoms with Crippen molar-refractivity contribution in [2.75, 3.05) is 4.90 Å². The number of para-hydroxylation sites is 3. The fourth-order valence-corrected chi connectivity index (χ4v) is 12.2. The molecule has 0 amide bonds. The maximum absolute atomic E-state index is 7.83. The van der Waals surface area contributed by atoms with Gasteiger partial charge in [-0.3, -0.25) is 0 Å². The quantitative estimate of drug-likeness (QED) is 0.157. The van der Waals surface area contributed by atoms with Crippen LogP contribution >= 0.6 is 11.6 Å². The Morgan fingerprint density at radius 3 is 1.56 bits per heavy atom. The number of benzene rings is 11. The summed E-state index contributed by atoms with van der Waals surface area (Å²) in [7, 11) is 0. The summed E-state index contributed by atoms with van der Waals surface area (Å²) in [6.07, 6.45) is 0. The number of halogens is 1. The van der Waals surface area contributed by atoms with Crippen LogP contribution < -0.4 is 4.90 Å². The minimum atomic E-state index is -0.585. The van der Waals surface area contributed by atoms with Gasteiger partial charge in [0.25, 0.3) is 0 Å². The second-order valence-corrected chi connectivity index (χ2v) is 18.0. The van der Waals surface area contributed by atoms with Crippen LogP contribution in [0, 0.1) is 0 Å². The molecule has 1 heterocycles. The summed E-state index contributed by atoms with van der Waals surface area (Å²) >= 11 is 7.83. The molecular weight excluding hydrogens is 820 g/mol. The average molecular weight is 859 g/mol. The molecule has 0 fully saturated rings. The van der Waals surface area contributed by atoms with Gasteiger partial charge < -0.3 is 9.47 Å². The minimum Gasteiger partial charge on any atom is -0.310 e. The van der Waals surface area contributed by atoms with Crippen LogP contribution in [0.3, 0.4) is 0 Å². The topological polar surface area (TPSA) is 8.17 Å². The lowest BCUT2D eigenvalue weighted by Gasteiger charge is -2.33. The van der Waals surface area contributed by atoms with Gasteiger partial charge in [0.1, 0.15) is 0 Å². The third-order valence-electron chi connectivity index (χ3n) is 14.4. The van der Waals surface area contributed by atoms with Gasteiger partial charge in [-0.25, -0.2) is 0 Å². The molecule has 2 aliphatic rings. The molecule has 0 aliphatic heterocycles. The summed E-state index contributed by atoms with van der Waals surface area (Å²) in [4.78, 5) is 2.50. The molecule has 0 saturated heterocycles. The van der Waals surface area contributed by atoms with Crippen LogP contribution in [0.15, 0.2) is 237 Å². The van der Waals surface area contributed by atoms with Gasteiger partial charge in [-0.1, -0.05) is 188 Å². The molecule has 2 aliphatic carbocycles. The lowest BCUT2D eigenvalue weighted by atomic mass is 9.70. The van der Waals surface area contributed by atoms with Crippen LogP contribution in [0.25, 0.3) is 82.4 Å². The molecule has 0 radical (unpaired) electrons. The zero-order valence-electron chi connectivity index (χ0n) is 35.8. The van der Waals surface area contributed by atoms with Crippen molar-refractivity contribution in [2.24, 2.45) is 0 Å². The predicted octanol–water partition coefficient (Wildman–Crippen LogP) is 17.2. The van der Waals surface area contributed by atoms with E-state index in [1.807, 2.05) is 0 Å². The van der Waals surface area contributed by atoms with Gasteiger partial charge in [0.05, 0.1) is 27.2 Å². The highest BCUT2D eigenvalue weighted by Crippen LogP contribution is 2.65. The maximum atomic E-state index is 7.83. The van der Waals surface area contributed by atoms with E-state index in [0.717, 1.165) is 60.6 Å². The molecule has 3 heteroatoms. The second-order valence-electron chi connectivity index (χ2n) is 17.6. The SMILES string of the molecule is Clc1c(-c2cc(N(c3ccccc3)c3ccc4c(c3)c3ccccc3n4-c3ccccc3)c3c(c2)C2(c4ccccc4-c4ccccc42)c2ccccc2-3)c2ccccc2c2ccccc12. The van der Waals surface area contributed by atoms with E-state index < -0.39 is 5.41 Å². The fraction of sp³-hybridized carbons (Fsp3) is 0.0159. The zero-order chi connectivity index (χ0) is 43.5. The third kappa shape index (κ3) is 5.02. The van der Waals surface area contributed by atoms with E-state index >= 15 is 0 Å². The standard InChI is InChI=1S/C63H39ClN2/c64-62-50-29-10-8-24-45(50)44-23-7-9-28-49(44)60(62)40-37-56-61(51-30-13-17-33-55(51)63(56)53-31-15-11-25-46(53)47-26-12-16-32-54(47)63)59(38-40)65(41-19-3-1-4-20-41)43-35-36-58-52(39-43)48-27-14-18-34-57(48)66(58)42-21-5-2-6-22-42/h1-39H. The predicted molar refractivity (Wildman–Crippen MR) is 277 cm³/mol. The van der Waals surface area contributed by atoms with E-state index in [1.165, 1.54) is 66.2 Å². The Kier molecular flexibility index (Phi) is 7.99. The van der Waals surface area contributed by atoms with Gasteiger partial charge >= 0.3 is 0 Å². The maximum Gasteiger partial charge on any atom is 0.0726 e. The van der Waals surface area contributed by atoms with E-state index in [9.17, 15) is 0 Å². The molecule has 0 unspecified atom stereocenters. The van der Waals surface area contributed by atoms with E-state index in [0.29, 0.717) is 0 Å². The molecule has 12 aromatic rings. The Labute approximate surface area is 387 Å². The van der Waals surface area contributed by atoms with Gasteiger partial charge in [-0.2, -0.15) is 0 Å². The Balaban J connectivity index is 1.15. The molecule has 0 bridgehead atoms. The van der Waals surface area contributed by atoms with Crippen LogP contribution in [0.5, 0.6) is 0 Å². The van der Waals surface area contributed by atoms with E-state index in [4.69, 9.17) is 11.6 Å². The van der Waals surface area contributed by atoms with Crippen molar-refractivity contribution in [3.8, 4) is 39.1 Å². The Hall–Kier alpha value is -8.17. The summed E-state index contributed by atoms with van der Waals surface area (Å²) < 4.78 is 2.39. The van der Waals surface area contributed by atoms with E-state index in [1.54, 1.807) is 0 Å².